The Labute approximate surface area is 191 Å². The van der Waals surface area contributed by atoms with Gasteiger partial charge < -0.3 is 10.2 Å². The molecule has 0 aromatic heterocycles. The molecule has 1 heterocycles. The Morgan fingerprint density at radius 2 is 1.86 bits per heavy atom. The first kappa shape index (κ1) is 23.5. The smallest absolute Gasteiger partial charge is 0.236 e. The van der Waals surface area contributed by atoms with Crippen LogP contribution >= 0.6 is 24.0 Å². The highest BCUT2D eigenvalue weighted by molar-refractivity contribution is 14.0. The summed E-state index contributed by atoms with van der Waals surface area (Å²) < 4.78 is 27.1. The Hall–Kier alpha value is -1.81. The van der Waals surface area contributed by atoms with E-state index in [-0.39, 0.29) is 29.7 Å². The molecule has 29 heavy (non-hydrogen) atoms. The van der Waals surface area contributed by atoms with Crippen LogP contribution in [0, 0.1) is 6.92 Å². The molecule has 0 radical (unpaired) electrons. The van der Waals surface area contributed by atoms with E-state index in [9.17, 15) is 8.42 Å². The number of guanidine groups is 1. The zero-order chi connectivity index (χ0) is 20.1. The number of nitrogens with zero attached hydrogens (tertiary/aromatic N) is 3. The highest BCUT2D eigenvalue weighted by atomic mass is 127. The molecule has 0 amide bonds. The molecule has 2 aromatic rings. The maximum Gasteiger partial charge on any atom is 0.236 e. The zero-order valence-corrected chi connectivity index (χ0v) is 20.3. The molecule has 0 fully saturated rings. The topological polar surface area (TPSA) is 65.0 Å². The Kier molecular flexibility index (Phi) is 8.33. The number of fused-ring (bicyclic) bond motifs is 1. The molecular formula is C21H29IN4O2S. The molecule has 0 unspecified atom stereocenters. The van der Waals surface area contributed by atoms with Crippen LogP contribution in [-0.2, 0) is 23.0 Å². The van der Waals surface area contributed by atoms with Gasteiger partial charge in [-0.3, -0.25) is 9.30 Å². The maximum absolute atomic E-state index is 12.8. The zero-order valence-electron chi connectivity index (χ0n) is 17.1. The van der Waals surface area contributed by atoms with Crippen LogP contribution in [0.4, 0.5) is 5.69 Å². The molecule has 0 saturated carbocycles. The number of nitrogens with one attached hydrogen (secondary N) is 1. The number of halogens is 1. The van der Waals surface area contributed by atoms with E-state index in [0.29, 0.717) is 25.6 Å². The van der Waals surface area contributed by atoms with E-state index in [4.69, 9.17) is 0 Å². The van der Waals surface area contributed by atoms with Crippen molar-refractivity contribution in [1.82, 2.24) is 10.2 Å². The predicted molar refractivity (Wildman–Crippen MR) is 131 cm³/mol. The lowest BCUT2D eigenvalue weighted by molar-refractivity contribution is 0.478. The standard InChI is InChI=1S/C21H28N4O2S.HI/c1-17-8-10-18(11-9-17)16-24(3)21(22-2)23-13-15-28(26,27)25-14-12-19-6-4-5-7-20(19)25;/h4-11H,12-16H2,1-3H3,(H,22,23);1H. The second-order valence-corrected chi connectivity index (χ2v) is 9.10. The lowest BCUT2D eigenvalue weighted by Crippen LogP contribution is -2.42. The fraction of sp³-hybridized carbons (Fsp3) is 0.381. The summed E-state index contributed by atoms with van der Waals surface area (Å²) in [4.78, 5) is 6.27. The fourth-order valence-corrected chi connectivity index (χ4v) is 4.85. The van der Waals surface area contributed by atoms with Gasteiger partial charge in [0, 0.05) is 33.7 Å². The fourth-order valence-electron chi connectivity index (χ4n) is 3.43. The molecule has 1 N–H and O–H groups in total. The van der Waals surface area contributed by atoms with Gasteiger partial charge in [-0.25, -0.2) is 8.42 Å². The summed E-state index contributed by atoms with van der Waals surface area (Å²) in [5, 5.41) is 3.17. The van der Waals surface area contributed by atoms with Gasteiger partial charge in [0.05, 0.1) is 11.4 Å². The second kappa shape index (κ2) is 10.3. The van der Waals surface area contributed by atoms with Crippen LogP contribution in [0.5, 0.6) is 0 Å². The first-order valence-corrected chi connectivity index (χ1v) is 11.1. The van der Waals surface area contributed by atoms with Gasteiger partial charge in [-0.15, -0.1) is 24.0 Å². The molecule has 3 rings (SSSR count). The number of hydrogen-bond acceptors (Lipinski definition) is 3. The van der Waals surface area contributed by atoms with Gasteiger partial charge >= 0.3 is 0 Å². The van der Waals surface area contributed by atoms with Crippen LogP contribution in [-0.4, -0.2) is 52.2 Å². The summed E-state index contributed by atoms with van der Waals surface area (Å²) >= 11 is 0. The summed E-state index contributed by atoms with van der Waals surface area (Å²) in [6.45, 7) is 3.59. The molecule has 158 valence electrons. The third-order valence-electron chi connectivity index (χ3n) is 4.94. The average Bonchev–Trinajstić information content (AvgIpc) is 3.12. The molecule has 0 bridgehead atoms. The number of sulfonamides is 1. The minimum absolute atomic E-state index is 0. The molecule has 0 spiro atoms. The Balaban J connectivity index is 0.00000300. The average molecular weight is 528 g/mol. The number of anilines is 1. The minimum atomic E-state index is -3.37. The van der Waals surface area contributed by atoms with Crippen molar-refractivity contribution in [1.29, 1.82) is 0 Å². The largest absolute Gasteiger partial charge is 0.355 e. The first-order chi connectivity index (χ1) is 13.4. The Morgan fingerprint density at radius 3 is 2.55 bits per heavy atom. The first-order valence-electron chi connectivity index (χ1n) is 9.46. The summed E-state index contributed by atoms with van der Waals surface area (Å²) in [5.41, 5.74) is 4.30. The SMILES string of the molecule is CN=C(NCCS(=O)(=O)N1CCc2ccccc21)N(C)Cc1ccc(C)cc1.I. The van der Waals surface area contributed by atoms with Crippen LogP contribution in [0.2, 0.25) is 0 Å². The van der Waals surface area contributed by atoms with Crippen molar-refractivity contribution in [3.8, 4) is 0 Å². The van der Waals surface area contributed by atoms with Gasteiger partial charge in [-0.1, -0.05) is 48.0 Å². The highest BCUT2D eigenvalue weighted by Crippen LogP contribution is 2.29. The maximum atomic E-state index is 12.8. The monoisotopic (exact) mass is 528 g/mol. The van der Waals surface area contributed by atoms with Crippen molar-refractivity contribution in [3.05, 3.63) is 65.2 Å². The predicted octanol–water partition coefficient (Wildman–Crippen LogP) is 3.01. The number of rotatable bonds is 6. The lowest BCUT2D eigenvalue weighted by Gasteiger charge is -2.23. The molecule has 0 saturated heterocycles. The van der Waals surface area contributed by atoms with Gasteiger partial charge in [0.1, 0.15) is 0 Å². The van der Waals surface area contributed by atoms with E-state index in [1.54, 1.807) is 7.05 Å². The minimum Gasteiger partial charge on any atom is -0.355 e. The Bertz CT molecular complexity index is 945. The van der Waals surface area contributed by atoms with Crippen LogP contribution in [0.3, 0.4) is 0 Å². The number of hydrogen-bond donors (Lipinski definition) is 1. The van der Waals surface area contributed by atoms with Gasteiger partial charge in [0.25, 0.3) is 0 Å². The van der Waals surface area contributed by atoms with Crippen molar-refractivity contribution >= 4 is 45.6 Å². The third kappa shape index (κ3) is 5.85. The molecule has 0 atom stereocenters. The summed E-state index contributed by atoms with van der Waals surface area (Å²) in [6.07, 6.45) is 0.768. The third-order valence-corrected chi connectivity index (χ3v) is 6.71. The van der Waals surface area contributed by atoms with E-state index < -0.39 is 10.0 Å². The van der Waals surface area contributed by atoms with Gasteiger partial charge in [0.2, 0.25) is 10.0 Å². The van der Waals surface area contributed by atoms with Crippen molar-refractivity contribution in [2.24, 2.45) is 4.99 Å². The summed E-state index contributed by atoms with van der Waals surface area (Å²) in [5.74, 6) is 0.705. The number of para-hydroxylation sites is 1. The molecule has 1 aliphatic rings. The van der Waals surface area contributed by atoms with E-state index >= 15 is 0 Å². The number of aryl methyl sites for hydroxylation is 1. The molecular weight excluding hydrogens is 499 g/mol. The van der Waals surface area contributed by atoms with Crippen molar-refractivity contribution in [2.75, 3.05) is 37.2 Å². The van der Waals surface area contributed by atoms with Crippen molar-refractivity contribution in [3.63, 3.8) is 0 Å². The van der Waals surface area contributed by atoms with Crippen molar-refractivity contribution in [2.45, 2.75) is 19.9 Å². The molecule has 6 nitrogen and oxygen atoms in total. The van der Waals surface area contributed by atoms with E-state index in [1.165, 1.54) is 15.4 Å². The van der Waals surface area contributed by atoms with Crippen LogP contribution < -0.4 is 9.62 Å². The summed E-state index contributed by atoms with van der Waals surface area (Å²) in [7, 11) is 0.283. The van der Waals surface area contributed by atoms with Gasteiger partial charge in [-0.2, -0.15) is 0 Å². The highest BCUT2D eigenvalue weighted by Gasteiger charge is 2.28. The molecule has 1 aliphatic heterocycles. The van der Waals surface area contributed by atoms with E-state index in [2.05, 4.69) is 41.5 Å². The quantitative estimate of drug-likeness (QED) is 0.356. The van der Waals surface area contributed by atoms with Crippen LogP contribution in [0.25, 0.3) is 0 Å². The summed E-state index contributed by atoms with van der Waals surface area (Å²) in [6, 6.07) is 16.0. The van der Waals surface area contributed by atoms with Crippen LogP contribution in [0.1, 0.15) is 16.7 Å². The van der Waals surface area contributed by atoms with Gasteiger partial charge in [0.15, 0.2) is 5.96 Å². The van der Waals surface area contributed by atoms with E-state index in [1.807, 2.05) is 36.2 Å². The number of benzene rings is 2. The van der Waals surface area contributed by atoms with Crippen LogP contribution in [0.15, 0.2) is 53.5 Å². The second-order valence-electron chi connectivity index (χ2n) is 7.08. The Morgan fingerprint density at radius 1 is 1.17 bits per heavy atom. The molecule has 0 aliphatic carbocycles. The number of aliphatic imine (C=N–C) groups is 1. The van der Waals surface area contributed by atoms with Gasteiger partial charge in [-0.05, 0) is 30.5 Å². The lowest BCUT2D eigenvalue weighted by atomic mass is 10.1. The normalized spacial score (nSPS) is 13.6. The molecule has 8 heteroatoms. The van der Waals surface area contributed by atoms with Crippen molar-refractivity contribution < 1.29 is 8.42 Å². The molecule has 2 aromatic carbocycles. The van der Waals surface area contributed by atoms with E-state index in [0.717, 1.165) is 17.7 Å².